The van der Waals surface area contributed by atoms with Crippen LogP contribution in [-0.2, 0) is 14.3 Å². The van der Waals surface area contributed by atoms with Gasteiger partial charge in [0.1, 0.15) is 17.5 Å². The smallest absolute Gasteiger partial charge is 0.345 e. The molecular weight excluding hydrogens is 414 g/mol. The molecule has 2 atom stereocenters. The molecule has 1 heterocycles. The largest absolute Gasteiger partial charge is 0.480 e. The number of carbonyl (C=O) groups is 3. The zero-order valence-electron chi connectivity index (χ0n) is 16.2. The van der Waals surface area contributed by atoms with E-state index in [9.17, 15) is 28.3 Å². The SMILES string of the molecule is O=C(NCC(=O)N1CC(OC(F)F)C[C@@H]1C(=O)O)c1ccc(Oc2ccccc2)cc1. The Morgan fingerprint density at radius 3 is 2.32 bits per heavy atom. The molecule has 31 heavy (non-hydrogen) atoms. The van der Waals surface area contributed by atoms with E-state index in [1.165, 1.54) is 12.1 Å². The fourth-order valence-corrected chi connectivity index (χ4v) is 3.21. The maximum Gasteiger partial charge on any atom is 0.345 e. The number of hydrogen-bond acceptors (Lipinski definition) is 5. The number of nitrogens with zero attached hydrogens (tertiary/aromatic N) is 1. The number of halogens is 2. The van der Waals surface area contributed by atoms with Crippen molar-refractivity contribution >= 4 is 17.8 Å². The predicted molar refractivity (Wildman–Crippen MR) is 104 cm³/mol. The van der Waals surface area contributed by atoms with Gasteiger partial charge >= 0.3 is 12.6 Å². The molecule has 0 radical (unpaired) electrons. The normalized spacial score (nSPS) is 18.1. The van der Waals surface area contributed by atoms with E-state index in [0.717, 1.165) is 4.90 Å². The minimum absolute atomic E-state index is 0.248. The summed E-state index contributed by atoms with van der Waals surface area (Å²) < 4.78 is 34.8. The molecule has 2 amide bonds. The molecule has 2 N–H and O–H groups in total. The minimum atomic E-state index is -3.07. The number of aliphatic carboxylic acids is 1. The first-order valence-electron chi connectivity index (χ1n) is 9.40. The lowest BCUT2D eigenvalue weighted by Gasteiger charge is -2.21. The van der Waals surface area contributed by atoms with Gasteiger partial charge in [-0.15, -0.1) is 0 Å². The van der Waals surface area contributed by atoms with E-state index in [1.54, 1.807) is 24.3 Å². The molecule has 8 nitrogen and oxygen atoms in total. The lowest BCUT2D eigenvalue weighted by atomic mass is 10.2. The number of carboxylic acid groups (broad SMARTS) is 1. The van der Waals surface area contributed by atoms with Crippen LogP contribution in [0, 0.1) is 0 Å². The fraction of sp³-hybridized carbons (Fsp3) is 0.286. The molecule has 164 valence electrons. The molecular formula is C21H20F2N2O6. The molecule has 2 aromatic rings. The summed E-state index contributed by atoms with van der Waals surface area (Å²) in [5, 5.41) is 11.6. The first-order chi connectivity index (χ1) is 14.8. The summed E-state index contributed by atoms with van der Waals surface area (Å²) in [5.74, 6) is -1.42. The summed E-state index contributed by atoms with van der Waals surface area (Å²) in [6.45, 7) is -3.84. The number of amides is 2. The zero-order chi connectivity index (χ0) is 22.4. The van der Waals surface area contributed by atoms with Gasteiger partial charge in [-0.2, -0.15) is 8.78 Å². The highest BCUT2D eigenvalue weighted by molar-refractivity contribution is 5.97. The summed E-state index contributed by atoms with van der Waals surface area (Å²) in [4.78, 5) is 36.9. The first kappa shape index (κ1) is 22.2. The van der Waals surface area contributed by atoms with Crippen molar-refractivity contribution < 1.29 is 37.7 Å². The Hall–Kier alpha value is -3.53. The molecule has 0 aromatic heterocycles. The Morgan fingerprint density at radius 1 is 1.06 bits per heavy atom. The molecule has 1 aliphatic heterocycles. The van der Waals surface area contributed by atoms with Gasteiger partial charge in [0.2, 0.25) is 5.91 Å². The number of alkyl halides is 2. The quantitative estimate of drug-likeness (QED) is 0.662. The van der Waals surface area contributed by atoms with Crippen LogP contribution >= 0.6 is 0 Å². The Bertz CT molecular complexity index is 923. The molecule has 0 bridgehead atoms. The molecule has 3 rings (SSSR count). The van der Waals surface area contributed by atoms with Crippen molar-refractivity contribution in [3.8, 4) is 11.5 Å². The van der Waals surface area contributed by atoms with Gasteiger partial charge in [-0.25, -0.2) is 4.79 Å². The van der Waals surface area contributed by atoms with Gasteiger partial charge in [0.05, 0.1) is 12.6 Å². The van der Waals surface area contributed by atoms with Crippen molar-refractivity contribution in [3.63, 3.8) is 0 Å². The van der Waals surface area contributed by atoms with Crippen molar-refractivity contribution in [2.24, 2.45) is 0 Å². The highest BCUT2D eigenvalue weighted by atomic mass is 19.3. The predicted octanol–water partition coefficient (Wildman–Crippen LogP) is 2.50. The van der Waals surface area contributed by atoms with E-state index < -0.39 is 43.1 Å². The van der Waals surface area contributed by atoms with Gasteiger partial charge in [-0.3, -0.25) is 9.59 Å². The summed E-state index contributed by atoms with van der Waals surface area (Å²) in [6.07, 6.45) is -1.33. The zero-order valence-corrected chi connectivity index (χ0v) is 16.2. The number of carboxylic acids is 1. The van der Waals surface area contributed by atoms with Crippen molar-refractivity contribution in [2.45, 2.75) is 25.2 Å². The van der Waals surface area contributed by atoms with Crippen molar-refractivity contribution in [1.29, 1.82) is 0 Å². The van der Waals surface area contributed by atoms with Gasteiger partial charge in [-0.05, 0) is 36.4 Å². The number of hydrogen-bond donors (Lipinski definition) is 2. The minimum Gasteiger partial charge on any atom is -0.480 e. The molecule has 1 saturated heterocycles. The van der Waals surface area contributed by atoms with Crippen LogP contribution in [0.4, 0.5) is 8.78 Å². The van der Waals surface area contributed by atoms with Crippen LogP contribution in [0.15, 0.2) is 54.6 Å². The molecule has 0 saturated carbocycles. The van der Waals surface area contributed by atoms with Crippen molar-refractivity contribution in [2.75, 3.05) is 13.1 Å². The number of nitrogens with one attached hydrogen (secondary N) is 1. The van der Waals surface area contributed by atoms with Gasteiger partial charge in [0, 0.05) is 18.5 Å². The van der Waals surface area contributed by atoms with Gasteiger partial charge < -0.3 is 24.8 Å². The highest BCUT2D eigenvalue weighted by Gasteiger charge is 2.41. The van der Waals surface area contributed by atoms with Crippen LogP contribution in [0.5, 0.6) is 11.5 Å². The Kier molecular flexibility index (Phi) is 7.14. The van der Waals surface area contributed by atoms with E-state index in [1.807, 2.05) is 18.2 Å². The third-order valence-electron chi connectivity index (χ3n) is 4.66. The maximum absolute atomic E-state index is 12.4. The standard InChI is InChI=1S/C21H20F2N2O6/c22-21(23)31-16-10-17(20(28)29)25(12-16)18(26)11-24-19(27)13-6-8-15(9-7-13)30-14-4-2-1-3-5-14/h1-9,16-17,21H,10-12H2,(H,24,27)(H,28,29)/t16?,17-/m1/s1. The van der Waals surface area contributed by atoms with Gasteiger partial charge in [0.25, 0.3) is 5.91 Å². The monoisotopic (exact) mass is 434 g/mol. The second-order valence-electron chi connectivity index (χ2n) is 6.78. The van der Waals surface area contributed by atoms with E-state index in [4.69, 9.17) is 4.74 Å². The van der Waals surface area contributed by atoms with Crippen LogP contribution < -0.4 is 10.1 Å². The van der Waals surface area contributed by atoms with Crippen LogP contribution in [-0.4, -0.2) is 59.6 Å². The van der Waals surface area contributed by atoms with Crippen LogP contribution in [0.3, 0.4) is 0 Å². The number of ether oxygens (including phenoxy) is 2. The molecule has 0 spiro atoms. The second kappa shape index (κ2) is 9.98. The highest BCUT2D eigenvalue weighted by Crippen LogP contribution is 2.23. The van der Waals surface area contributed by atoms with E-state index in [2.05, 4.69) is 10.1 Å². The van der Waals surface area contributed by atoms with Gasteiger partial charge in [0.15, 0.2) is 0 Å². The Labute approximate surface area is 176 Å². The molecule has 0 aliphatic carbocycles. The van der Waals surface area contributed by atoms with Crippen LogP contribution in [0.1, 0.15) is 16.8 Å². The molecule has 1 aliphatic rings. The summed E-state index contributed by atoms with van der Waals surface area (Å²) in [7, 11) is 0. The van der Waals surface area contributed by atoms with Crippen LogP contribution in [0.2, 0.25) is 0 Å². The lowest BCUT2D eigenvalue weighted by Crippen LogP contribution is -2.45. The number of benzene rings is 2. The number of para-hydroxylation sites is 1. The Morgan fingerprint density at radius 2 is 1.71 bits per heavy atom. The van der Waals surface area contributed by atoms with Gasteiger partial charge in [-0.1, -0.05) is 18.2 Å². The third-order valence-corrected chi connectivity index (χ3v) is 4.66. The van der Waals surface area contributed by atoms with Crippen molar-refractivity contribution in [1.82, 2.24) is 10.2 Å². The summed E-state index contributed by atoms with van der Waals surface area (Å²) in [5.41, 5.74) is 0.267. The van der Waals surface area contributed by atoms with Crippen molar-refractivity contribution in [3.05, 3.63) is 60.2 Å². The van der Waals surface area contributed by atoms with E-state index in [0.29, 0.717) is 11.5 Å². The topological polar surface area (TPSA) is 105 Å². The van der Waals surface area contributed by atoms with Crippen LogP contribution in [0.25, 0.3) is 0 Å². The number of rotatable bonds is 8. The molecule has 1 fully saturated rings. The molecule has 2 aromatic carbocycles. The maximum atomic E-state index is 12.4. The number of carbonyl (C=O) groups excluding carboxylic acids is 2. The summed E-state index contributed by atoms with van der Waals surface area (Å²) >= 11 is 0. The fourth-order valence-electron chi connectivity index (χ4n) is 3.21. The third kappa shape index (κ3) is 5.98. The van der Waals surface area contributed by atoms with E-state index in [-0.39, 0.29) is 18.5 Å². The first-order valence-corrected chi connectivity index (χ1v) is 9.40. The lowest BCUT2D eigenvalue weighted by molar-refractivity contribution is -0.160. The average Bonchev–Trinajstić information content (AvgIpc) is 3.16. The molecule has 10 heteroatoms. The number of likely N-dealkylation sites (tertiary alicyclic amines) is 1. The van der Waals surface area contributed by atoms with E-state index >= 15 is 0 Å². The Balaban J connectivity index is 1.54. The summed E-state index contributed by atoms with van der Waals surface area (Å²) in [6, 6.07) is 14.0. The molecule has 1 unspecified atom stereocenters. The second-order valence-corrected chi connectivity index (χ2v) is 6.78. The average molecular weight is 434 g/mol.